The fourth-order valence-corrected chi connectivity index (χ4v) is 3.08. The second-order valence-corrected chi connectivity index (χ2v) is 7.94. The van der Waals surface area contributed by atoms with Gasteiger partial charge in [-0.2, -0.15) is 0 Å². The quantitative estimate of drug-likeness (QED) is 0.528. The molecule has 0 aromatic rings. The van der Waals surface area contributed by atoms with Crippen LogP contribution in [0.25, 0.3) is 0 Å². The molecule has 0 aliphatic carbocycles. The molecule has 3 N–H and O–H groups in total. The van der Waals surface area contributed by atoms with Crippen LogP contribution in [0.15, 0.2) is 0 Å². The van der Waals surface area contributed by atoms with Crippen LogP contribution >= 0.6 is 0 Å². The lowest BCUT2D eigenvalue weighted by Crippen LogP contribution is -2.43. The Labute approximate surface area is 143 Å². The predicted molar refractivity (Wildman–Crippen MR) is 97.0 cm³/mol. The van der Waals surface area contributed by atoms with E-state index in [-0.39, 0.29) is 35.6 Å². The van der Waals surface area contributed by atoms with E-state index in [1.165, 1.54) is 19.3 Å². The van der Waals surface area contributed by atoms with E-state index in [4.69, 9.17) is 5.73 Å². The summed E-state index contributed by atoms with van der Waals surface area (Å²) in [4.78, 5) is 23.6. The second kappa shape index (κ2) is 11.5. The molecule has 2 amide bonds. The average Bonchev–Trinajstić information content (AvgIpc) is 2.42. The van der Waals surface area contributed by atoms with Crippen LogP contribution in [-0.4, -0.2) is 17.9 Å². The van der Waals surface area contributed by atoms with Gasteiger partial charge in [0, 0.05) is 18.9 Å². The number of amides is 2. The minimum absolute atomic E-state index is 0.0557. The van der Waals surface area contributed by atoms with Gasteiger partial charge in [0.25, 0.3) is 0 Å². The molecule has 0 radical (unpaired) electrons. The molecule has 0 saturated carbocycles. The van der Waals surface area contributed by atoms with Crippen molar-refractivity contribution >= 4 is 11.8 Å². The summed E-state index contributed by atoms with van der Waals surface area (Å²) in [6.45, 7) is 10.9. The van der Waals surface area contributed by atoms with Crippen molar-refractivity contribution in [3.8, 4) is 0 Å². The lowest BCUT2D eigenvalue weighted by Gasteiger charge is -2.32. The van der Waals surface area contributed by atoms with Gasteiger partial charge in [-0.1, -0.05) is 66.7 Å². The number of hydrogen-bond acceptors (Lipinski definition) is 2. The molecule has 23 heavy (non-hydrogen) atoms. The van der Waals surface area contributed by atoms with Crippen LogP contribution in [0.2, 0.25) is 0 Å². The minimum atomic E-state index is -0.342. The third-order valence-corrected chi connectivity index (χ3v) is 4.24. The smallest absolute Gasteiger partial charge is 0.220 e. The Balaban J connectivity index is 4.52. The van der Waals surface area contributed by atoms with Crippen molar-refractivity contribution in [2.75, 3.05) is 0 Å². The highest BCUT2D eigenvalue weighted by Gasteiger charge is 2.27. The van der Waals surface area contributed by atoms with Gasteiger partial charge >= 0.3 is 0 Å². The molecule has 2 atom stereocenters. The Morgan fingerprint density at radius 3 is 2.13 bits per heavy atom. The van der Waals surface area contributed by atoms with Gasteiger partial charge < -0.3 is 11.1 Å². The molecule has 0 rings (SSSR count). The first-order valence-electron chi connectivity index (χ1n) is 9.27. The van der Waals surface area contributed by atoms with Crippen molar-refractivity contribution in [1.82, 2.24) is 5.32 Å². The second-order valence-electron chi connectivity index (χ2n) is 7.94. The summed E-state index contributed by atoms with van der Waals surface area (Å²) in [5.41, 5.74) is 5.56. The van der Waals surface area contributed by atoms with E-state index in [0.717, 1.165) is 25.7 Å². The molecule has 0 aliphatic heterocycles. The highest BCUT2D eigenvalue weighted by molar-refractivity contribution is 5.78. The number of nitrogens with one attached hydrogen (secondary N) is 1. The van der Waals surface area contributed by atoms with Crippen LogP contribution in [0.4, 0.5) is 0 Å². The van der Waals surface area contributed by atoms with Gasteiger partial charge in [-0.05, 0) is 24.2 Å². The van der Waals surface area contributed by atoms with E-state index in [2.05, 4.69) is 39.9 Å². The summed E-state index contributed by atoms with van der Waals surface area (Å²) in [5, 5.41) is 3.07. The van der Waals surface area contributed by atoms with Crippen LogP contribution in [0.5, 0.6) is 0 Å². The van der Waals surface area contributed by atoms with Crippen molar-refractivity contribution < 1.29 is 9.59 Å². The Kier molecular flexibility index (Phi) is 10.9. The largest absolute Gasteiger partial charge is 0.370 e. The molecule has 0 heterocycles. The molecule has 0 aromatic carbocycles. The van der Waals surface area contributed by atoms with Crippen LogP contribution < -0.4 is 11.1 Å². The Hall–Kier alpha value is -1.06. The van der Waals surface area contributed by atoms with Gasteiger partial charge in [0.2, 0.25) is 11.8 Å². The zero-order valence-electron chi connectivity index (χ0n) is 15.9. The van der Waals surface area contributed by atoms with Gasteiger partial charge in [-0.3, -0.25) is 9.59 Å². The summed E-state index contributed by atoms with van der Waals surface area (Å²) in [7, 11) is 0. The van der Waals surface area contributed by atoms with E-state index in [9.17, 15) is 9.59 Å². The summed E-state index contributed by atoms with van der Waals surface area (Å²) >= 11 is 0. The Morgan fingerprint density at radius 1 is 1.04 bits per heavy atom. The highest BCUT2D eigenvalue weighted by Crippen LogP contribution is 2.29. The van der Waals surface area contributed by atoms with E-state index in [1.807, 2.05) is 0 Å². The first-order valence-corrected chi connectivity index (χ1v) is 9.27. The molecule has 0 saturated heterocycles. The maximum atomic E-state index is 12.2. The molecule has 1 unspecified atom stereocenters. The molecule has 0 bridgehead atoms. The van der Waals surface area contributed by atoms with Crippen LogP contribution in [-0.2, 0) is 9.59 Å². The monoisotopic (exact) mass is 326 g/mol. The Morgan fingerprint density at radius 2 is 1.65 bits per heavy atom. The van der Waals surface area contributed by atoms with Crippen molar-refractivity contribution in [3.63, 3.8) is 0 Å². The third-order valence-electron chi connectivity index (χ3n) is 4.24. The number of nitrogens with two attached hydrogens (primary N) is 1. The van der Waals surface area contributed by atoms with Crippen molar-refractivity contribution in [3.05, 3.63) is 0 Å². The number of carbonyl (C=O) groups excluding carboxylic acids is 2. The lowest BCUT2D eigenvalue weighted by atomic mass is 9.79. The molecule has 0 aliphatic rings. The molecule has 136 valence electrons. The van der Waals surface area contributed by atoms with Gasteiger partial charge in [-0.25, -0.2) is 0 Å². The van der Waals surface area contributed by atoms with Gasteiger partial charge in [0.15, 0.2) is 0 Å². The van der Waals surface area contributed by atoms with Crippen LogP contribution in [0.3, 0.4) is 0 Å². The van der Waals surface area contributed by atoms with Crippen LogP contribution in [0.1, 0.15) is 92.4 Å². The first kappa shape index (κ1) is 21.9. The number of carbonyl (C=O) groups is 2. The fraction of sp³-hybridized carbons (Fsp3) is 0.895. The molecule has 4 heteroatoms. The Bertz CT molecular complexity index is 348. The average molecular weight is 327 g/mol. The topological polar surface area (TPSA) is 72.2 Å². The SMILES string of the molecule is CCCCCCCC(=O)N[C@H](CC(N)=O)C(CC)CC(C)(C)C. The zero-order chi connectivity index (χ0) is 17.9. The molecular formula is C19H38N2O2. The molecular weight excluding hydrogens is 288 g/mol. The van der Waals surface area contributed by atoms with E-state index < -0.39 is 0 Å². The summed E-state index contributed by atoms with van der Waals surface area (Å²) in [6, 6.07) is -0.139. The lowest BCUT2D eigenvalue weighted by molar-refractivity contribution is -0.123. The summed E-state index contributed by atoms with van der Waals surface area (Å²) in [5.74, 6) is -0.00254. The standard InChI is InChI=1S/C19H38N2O2/c1-6-8-9-10-11-12-18(23)21-16(13-17(20)22)15(7-2)14-19(3,4)5/h15-16H,6-14H2,1-5H3,(H2,20,22)(H,21,23)/t15?,16-/m1/s1. The van der Waals surface area contributed by atoms with Crippen molar-refractivity contribution in [2.24, 2.45) is 17.1 Å². The molecule has 0 fully saturated rings. The van der Waals surface area contributed by atoms with E-state index >= 15 is 0 Å². The highest BCUT2D eigenvalue weighted by atomic mass is 16.2. The van der Waals surface area contributed by atoms with E-state index in [1.54, 1.807) is 0 Å². The maximum absolute atomic E-state index is 12.2. The van der Waals surface area contributed by atoms with Gasteiger partial charge in [-0.15, -0.1) is 0 Å². The zero-order valence-corrected chi connectivity index (χ0v) is 15.9. The first-order chi connectivity index (χ1) is 10.7. The van der Waals surface area contributed by atoms with E-state index in [0.29, 0.717) is 6.42 Å². The number of primary amides is 1. The fourth-order valence-electron chi connectivity index (χ4n) is 3.08. The van der Waals surface area contributed by atoms with Crippen molar-refractivity contribution in [2.45, 2.75) is 98.4 Å². The third kappa shape index (κ3) is 12.1. The normalized spacial score (nSPS) is 14.3. The number of hydrogen-bond donors (Lipinski definition) is 2. The van der Waals surface area contributed by atoms with Gasteiger partial charge in [0.05, 0.1) is 0 Å². The van der Waals surface area contributed by atoms with Gasteiger partial charge in [0.1, 0.15) is 0 Å². The maximum Gasteiger partial charge on any atom is 0.220 e. The number of unbranched alkanes of at least 4 members (excludes halogenated alkanes) is 4. The molecule has 0 spiro atoms. The predicted octanol–water partition coefficient (Wildman–Crippen LogP) is 4.17. The molecule has 4 nitrogen and oxygen atoms in total. The molecule has 0 aromatic heterocycles. The summed E-state index contributed by atoms with van der Waals surface area (Å²) in [6.07, 6.45) is 8.33. The van der Waals surface area contributed by atoms with Crippen molar-refractivity contribution in [1.29, 1.82) is 0 Å². The number of rotatable bonds is 12. The minimum Gasteiger partial charge on any atom is -0.370 e. The van der Waals surface area contributed by atoms with Crippen LogP contribution in [0, 0.1) is 11.3 Å². The summed E-state index contributed by atoms with van der Waals surface area (Å²) < 4.78 is 0.